The van der Waals surface area contributed by atoms with Crippen LogP contribution in [0.25, 0.3) is 17.1 Å². The standard InChI is InChI=1S/C26H25FN4O4/c1-31-12-3-2-5-19(31)15-34-26(33)22-23(32)21(13-16-14-29-24-20(16)6-4-11-28-24)35-25(22)30-18-9-7-17(27)8-10-18/h4,6-11,13-14,19,22H,2-3,5,12,15H2,1H3,(H,28,29)/b21-13-,30-25?. The highest BCUT2D eigenvalue weighted by Gasteiger charge is 2.45. The van der Waals surface area contributed by atoms with Crippen molar-refractivity contribution in [3.63, 3.8) is 0 Å². The van der Waals surface area contributed by atoms with Gasteiger partial charge in [-0.3, -0.25) is 9.59 Å². The third-order valence-electron chi connectivity index (χ3n) is 6.38. The highest BCUT2D eigenvalue weighted by Crippen LogP contribution is 2.29. The van der Waals surface area contributed by atoms with Gasteiger partial charge in [0.15, 0.2) is 11.7 Å². The fraction of sp³-hybridized carbons (Fsp3) is 0.308. The molecule has 4 heterocycles. The summed E-state index contributed by atoms with van der Waals surface area (Å²) in [4.78, 5) is 40.2. The van der Waals surface area contributed by atoms with Crippen molar-refractivity contribution in [2.45, 2.75) is 25.3 Å². The van der Waals surface area contributed by atoms with Gasteiger partial charge < -0.3 is 19.4 Å². The van der Waals surface area contributed by atoms with Crippen LogP contribution in [0.2, 0.25) is 0 Å². The summed E-state index contributed by atoms with van der Waals surface area (Å²) in [6.07, 6.45) is 8.04. The Bertz CT molecular complexity index is 1310. The molecule has 2 aromatic heterocycles. The number of esters is 1. The highest BCUT2D eigenvalue weighted by molar-refractivity contribution is 6.27. The topological polar surface area (TPSA) is 96.9 Å². The maximum Gasteiger partial charge on any atom is 0.326 e. The maximum absolute atomic E-state index is 13.3. The molecule has 5 rings (SSSR count). The lowest BCUT2D eigenvalue weighted by Gasteiger charge is -2.31. The van der Waals surface area contributed by atoms with E-state index in [9.17, 15) is 14.0 Å². The van der Waals surface area contributed by atoms with E-state index in [2.05, 4.69) is 19.9 Å². The van der Waals surface area contributed by atoms with Crippen LogP contribution in [-0.2, 0) is 19.1 Å². The third kappa shape index (κ3) is 4.85. The number of nitrogens with one attached hydrogen (secondary N) is 1. The predicted octanol–water partition coefficient (Wildman–Crippen LogP) is 4.02. The second-order valence-electron chi connectivity index (χ2n) is 8.74. The van der Waals surface area contributed by atoms with Crippen molar-refractivity contribution in [3.05, 3.63) is 65.9 Å². The maximum atomic E-state index is 13.3. The average Bonchev–Trinajstić information content (AvgIpc) is 3.40. The molecule has 8 nitrogen and oxygen atoms in total. The molecular weight excluding hydrogens is 451 g/mol. The van der Waals surface area contributed by atoms with E-state index in [1.165, 1.54) is 24.3 Å². The fourth-order valence-electron chi connectivity index (χ4n) is 4.37. The summed E-state index contributed by atoms with van der Waals surface area (Å²) in [6, 6.07) is 9.15. The normalized spacial score (nSPS) is 23.2. The minimum atomic E-state index is -1.33. The molecule has 0 spiro atoms. The van der Waals surface area contributed by atoms with Crippen molar-refractivity contribution in [1.82, 2.24) is 14.9 Å². The number of nitrogens with zero attached hydrogens (tertiary/aromatic N) is 3. The smallest absolute Gasteiger partial charge is 0.326 e. The number of benzene rings is 1. The molecule has 2 unspecified atom stereocenters. The number of ether oxygens (including phenoxy) is 2. The van der Waals surface area contributed by atoms with Crippen LogP contribution in [0.3, 0.4) is 0 Å². The van der Waals surface area contributed by atoms with Crippen LogP contribution in [0.4, 0.5) is 10.1 Å². The molecule has 0 amide bonds. The molecule has 2 aliphatic heterocycles. The molecule has 9 heteroatoms. The molecule has 180 valence electrons. The summed E-state index contributed by atoms with van der Waals surface area (Å²) in [5.74, 6) is -3.10. The molecule has 1 N–H and O–H groups in total. The van der Waals surface area contributed by atoms with Crippen LogP contribution >= 0.6 is 0 Å². The number of allylic oxidation sites excluding steroid dienone is 1. The van der Waals surface area contributed by atoms with Gasteiger partial charge in [0.2, 0.25) is 11.7 Å². The average molecular weight is 477 g/mol. The first kappa shape index (κ1) is 22.9. The van der Waals surface area contributed by atoms with Gasteiger partial charge in [0, 0.05) is 29.4 Å². The number of hydrogen-bond acceptors (Lipinski definition) is 7. The first-order valence-corrected chi connectivity index (χ1v) is 11.6. The lowest BCUT2D eigenvalue weighted by atomic mass is 10.0. The van der Waals surface area contributed by atoms with Crippen molar-refractivity contribution in [1.29, 1.82) is 0 Å². The second kappa shape index (κ2) is 9.79. The number of aliphatic imine (C=N–C) groups is 1. The van der Waals surface area contributed by atoms with E-state index < -0.39 is 23.5 Å². The number of halogens is 1. The molecule has 35 heavy (non-hydrogen) atoms. The lowest BCUT2D eigenvalue weighted by Crippen LogP contribution is -2.41. The Balaban J connectivity index is 1.44. The van der Waals surface area contributed by atoms with E-state index in [0.29, 0.717) is 16.9 Å². The zero-order chi connectivity index (χ0) is 24.4. The van der Waals surface area contributed by atoms with Crippen LogP contribution < -0.4 is 0 Å². The summed E-state index contributed by atoms with van der Waals surface area (Å²) in [5.41, 5.74) is 1.71. The fourth-order valence-corrected chi connectivity index (χ4v) is 4.37. The molecule has 2 aliphatic rings. The molecular formula is C26H25FN4O4. The Morgan fingerprint density at radius 1 is 1.31 bits per heavy atom. The van der Waals surface area contributed by atoms with Crippen molar-refractivity contribution in [2.75, 3.05) is 20.2 Å². The minimum absolute atomic E-state index is 0.0210. The summed E-state index contributed by atoms with van der Waals surface area (Å²) in [6.45, 7) is 1.13. The number of aromatic amines is 1. The van der Waals surface area contributed by atoms with Crippen LogP contribution in [0.1, 0.15) is 24.8 Å². The second-order valence-corrected chi connectivity index (χ2v) is 8.74. The Labute approximate surface area is 201 Å². The van der Waals surface area contributed by atoms with Crippen molar-refractivity contribution in [2.24, 2.45) is 10.9 Å². The molecule has 2 saturated heterocycles. The molecule has 0 aliphatic carbocycles. The number of piperidine rings is 1. The number of carbonyl (C=O) groups is 2. The van der Waals surface area contributed by atoms with Gasteiger partial charge >= 0.3 is 5.97 Å². The zero-order valence-corrected chi connectivity index (χ0v) is 19.2. The predicted molar refractivity (Wildman–Crippen MR) is 128 cm³/mol. The Kier molecular flexibility index (Phi) is 6.41. The SMILES string of the molecule is CN1CCCCC1COC(=O)C1C(=O)/C(=C/c2c[nH]c3ncccc23)OC1=Nc1ccc(F)cc1. The van der Waals surface area contributed by atoms with Gasteiger partial charge in [0.1, 0.15) is 18.1 Å². The number of likely N-dealkylation sites (tertiary alicyclic amines) is 1. The lowest BCUT2D eigenvalue weighted by molar-refractivity contribution is -0.149. The van der Waals surface area contributed by atoms with E-state index >= 15 is 0 Å². The minimum Gasteiger partial charge on any atom is -0.463 e. The number of pyridine rings is 1. The molecule has 2 atom stereocenters. The summed E-state index contributed by atoms with van der Waals surface area (Å²) < 4.78 is 24.7. The van der Waals surface area contributed by atoms with Gasteiger partial charge in [-0.2, -0.15) is 0 Å². The van der Waals surface area contributed by atoms with Gasteiger partial charge in [0.25, 0.3) is 0 Å². The number of H-pyrrole nitrogens is 1. The largest absolute Gasteiger partial charge is 0.463 e. The van der Waals surface area contributed by atoms with E-state index in [1.807, 2.05) is 13.1 Å². The Hall–Kier alpha value is -3.85. The monoisotopic (exact) mass is 476 g/mol. The highest BCUT2D eigenvalue weighted by atomic mass is 19.1. The van der Waals surface area contributed by atoms with Gasteiger partial charge in [-0.15, -0.1) is 0 Å². The summed E-state index contributed by atoms with van der Waals surface area (Å²) in [7, 11) is 2.00. The van der Waals surface area contributed by atoms with Crippen molar-refractivity contribution >= 4 is 40.4 Å². The first-order valence-electron chi connectivity index (χ1n) is 11.6. The molecule has 2 fully saturated rings. The number of fused-ring (bicyclic) bond motifs is 1. The summed E-state index contributed by atoms with van der Waals surface area (Å²) >= 11 is 0. The van der Waals surface area contributed by atoms with Crippen molar-refractivity contribution < 1.29 is 23.5 Å². The molecule has 0 radical (unpaired) electrons. The quantitative estimate of drug-likeness (QED) is 0.340. The Morgan fingerprint density at radius 3 is 2.94 bits per heavy atom. The number of hydrogen-bond donors (Lipinski definition) is 1. The number of ketones is 1. The first-order chi connectivity index (χ1) is 17.0. The van der Waals surface area contributed by atoms with Crippen molar-refractivity contribution in [3.8, 4) is 0 Å². The number of Topliss-reactive ketones (excluding diaryl/α,β-unsaturated/α-hetero) is 1. The number of carbonyl (C=O) groups excluding carboxylic acids is 2. The van der Waals surface area contributed by atoms with Gasteiger partial charge in [-0.1, -0.05) is 6.42 Å². The van der Waals surface area contributed by atoms with E-state index in [0.717, 1.165) is 31.2 Å². The van der Waals surface area contributed by atoms with Crippen LogP contribution in [0.5, 0.6) is 0 Å². The van der Waals surface area contributed by atoms with E-state index in [1.54, 1.807) is 24.5 Å². The van der Waals surface area contributed by atoms with Gasteiger partial charge in [-0.05, 0) is 68.9 Å². The molecule has 0 bridgehead atoms. The van der Waals surface area contributed by atoms with Gasteiger partial charge in [-0.25, -0.2) is 14.4 Å². The molecule has 3 aromatic rings. The molecule has 1 aromatic carbocycles. The van der Waals surface area contributed by atoms with Crippen LogP contribution in [-0.4, -0.2) is 58.8 Å². The number of likely N-dealkylation sites (N-methyl/N-ethyl adjacent to an activating group) is 1. The van der Waals surface area contributed by atoms with Crippen LogP contribution in [0, 0.1) is 11.7 Å². The molecule has 0 saturated carbocycles. The van der Waals surface area contributed by atoms with E-state index in [-0.39, 0.29) is 24.3 Å². The van der Waals surface area contributed by atoms with E-state index in [4.69, 9.17) is 9.47 Å². The third-order valence-corrected chi connectivity index (χ3v) is 6.38. The summed E-state index contributed by atoms with van der Waals surface area (Å²) in [5, 5.41) is 0.805. The van der Waals surface area contributed by atoms with Gasteiger partial charge in [0.05, 0.1) is 5.69 Å². The number of rotatable bonds is 5. The number of aromatic nitrogens is 2. The van der Waals surface area contributed by atoms with Crippen LogP contribution in [0.15, 0.2) is 59.5 Å². The Morgan fingerprint density at radius 2 is 2.14 bits per heavy atom. The zero-order valence-electron chi connectivity index (χ0n) is 19.2.